The number of hydrogen-bond acceptors (Lipinski definition) is 7. The van der Waals surface area contributed by atoms with Gasteiger partial charge in [0, 0.05) is 43.2 Å². The van der Waals surface area contributed by atoms with Gasteiger partial charge in [-0.25, -0.2) is 22.5 Å². The number of anilines is 3. The molecule has 0 aliphatic heterocycles. The molecule has 0 atom stereocenters. The minimum Gasteiger partial charge on any atom is -0.353 e. The van der Waals surface area contributed by atoms with Crippen molar-refractivity contribution >= 4 is 17.5 Å². The number of nitrogens with one attached hydrogen (secondary N) is 3. The van der Waals surface area contributed by atoms with E-state index in [9.17, 15) is 17.6 Å². The highest BCUT2D eigenvalue weighted by Crippen LogP contribution is 2.25. The first kappa shape index (κ1) is 21.2. The highest BCUT2D eigenvalue weighted by molar-refractivity contribution is 5.64. The lowest BCUT2D eigenvalue weighted by Gasteiger charge is -2.15. The molecule has 1 aromatic carbocycles. The Morgan fingerprint density at radius 2 is 1.70 bits per heavy atom. The Morgan fingerprint density at radius 3 is 2.33 bits per heavy atom. The number of hydrazine groups is 1. The first-order valence-electron chi connectivity index (χ1n) is 8.88. The van der Waals surface area contributed by atoms with E-state index in [2.05, 4.69) is 31.1 Å². The predicted molar refractivity (Wildman–Crippen MR) is 106 cm³/mol. The summed E-state index contributed by atoms with van der Waals surface area (Å²) in [6.07, 6.45) is 3.19. The predicted octanol–water partition coefficient (Wildman–Crippen LogP) is 3.51. The topological polar surface area (TPSA) is 78.0 Å². The molecular weight excluding hydrogens is 402 g/mol. The molecule has 0 unspecified atom stereocenters. The van der Waals surface area contributed by atoms with Gasteiger partial charge in [-0.2, -0.15) is 4.98 Å². The van der Waals surface area contributed by atoms with E-state index in [1.807, 2.05) is 19.0 Å². The molecule has 0 saturated carbocycles. The zero-order chi connectivity index (χ0) is 21.7. The van der Waals surface area contributed by atoms with Crippen LogP contribution in [0.25, 0.3) is 11.3 Å². The van der Waals surface area contributed by atoms with Gasteiger partial charge in [-0.1, -0.05) is 0 Å². The quantitative estimate of drug-likeness (QED) is 0.292. The molecule has 0 saturated heterocycles. The smallest absolute Gasteiger partial charge is 0.225 e. The molecule has 0 aliphatic rings. The molecule has 30 heavy (non-hydrogen) atoms. The third-order valence-corrected chi connectivity index (χ3v) is 3.95. The van der Waals surface area contributed by atoms with Crippen molar-refractivity contribution in [2.45, 2.75) is 0 Å². The van der Waals surface area contributed by atoms with Crippen LogP contribution in [-0.2, 0) is 0 Å². The highest BCUT2D eigenvalue weighted by atomic mass is 19.2. The fraction of sp³-hybridized carbons (Fsp3) is 0.211. The van der Waals surface area contributed by atoms with Crippen LogP contribution in [0.15, 0.2) is 36.7 Å². The van der Waals surface area contributed by atoms with E-state index in [1.54, 1.807) is 24.5 Å². The summed E-state index contributed by atoms with van der Waals surface area (Å²) in [6, 6.07) is 5.13. The normalized spacial score (nSPS) is 10.9. The molecule has 0 amide bonds. The molecule has 0 fully saturated rings. The van der Waals surface area contributed by atoms with Crippen LogP contribution in [0.4, 0.5) is 35.0 Å². The molecule has 3 N–H and O–H groups in total. The van der Waals surface area contributed by atoms with E-state index < -0.39 is 29.0 Å². The minimum absolute atomic E-state index is 0.111. The number of likely N-dealkylation sites (N-methyl/N-ethyl adjacent to an activating group) is 1. The molecular formula is C19H19F4N7. The standard InChI is InChI=1S/C19H19F4N7/c1-30(2)7-6-25-19-26-14(11-4-3-5-24-10-11)9-15(27-19)28-29-18-16(22)12(20)8-13(21)17(18)23/h3-5,8-10,29H,6-7H2,1-2H3,(H2,25,26,27,28). The summed E-state index contributed by atoms with van der Waals surface area (Å²) < 4.78 is 54.5. The van der Waals surface area contributed by atoms with Crippen molar-refractivity contribution in [3.05, 3.63) is 59.9 Å². The first-order valence-corrected chi connectivity index (χ1v) is 8.88. The first-order chi connectivity index (χ1) is 14.3. The molecule has 3 rings (SSSR count). The lowest BCUT2D eigenvalue weighted by molar-refractivity contribution is 0.425. The third kappa shape index (κ3) is 5.11. The molecule has 0 bridgehead atoms. The second kappa shape index (κ2) is 9.35. The maximum absolute atomic E-state index is 13.9. The number of hydrogen-bond donors (Lipinski definition) is 3. The number of benzene rings is 1. The van der Waals surface area contributed by atoms with Crippen molar-refractivity contribution in [2.75, 3.05) is 43.4 Å². The van der Waals surface area contributed by atoms with Gasteiger partial charge >= 0.3 is 0 Å². The largest absolute Gasteiger partial charge is 0.353 e. The van der Waals surface area contributed by atoms with E-state index in [1.165, 1.54) is 6.07 Å². The van der Waals surface area contributed by atoms with Crippen LogP contribution in [0.5, 0.6) is 0 Å². The fourth-order valence-corrected chi connectivity index (χ4v) is 2.45. The van der Waals surface area contributed by atoms with Crippen LogP contribution in [0.1, 0.15) is 0 Å². The Morgan fingerprint density at radius 1 is 0.967 bits per heavy atom. The molecule has 158 valence electrons. The maximum atomic E-state index is 13.9. The van der Waals surface area contributed by atoms with Gasteiger partial charge in [0.05, 0.1) is 5.69 Å². The number of pyridine rings is 1. The molecule has 11 heteroatoms. The summed E-state index contributed by atoms with van der Waals surface area (Å²) in [4.78, 5) is 14.6. The van der Waals surface area contributed by atoms with Gasteiger partial charge < -0.3 is 10.2 Å². The van der Waals surface area contributed by atoms with Gasteiger partial charge in [0.25, 0.3) is 0 Å². The molecule has 0 radical (unpaired) electrons. The summed E-state index contributed by atoms with van der Waals surface area (Å²) in [6.45, 7) is 1.25. The zero-order valence-corrected chi connectivity index (χ0v) is 16.2. The van der Waals surface area contributed by atoms with Gasteiger partial charge in [-0.3, -0.25) is 15.8 Å². The van der Waals surface area contributed by atoms with E-state index in [-0.39, 0.29) is 17.8 Å². The Labute approximate surface area is 170 Å². The van der Waals surface area contributed by atoms with Crippen molar-refractivity contribution in [1.82, 2.24) is 19.9 Å². The zero-order valence-electron chi connectivity index (χ0n) is 16.2. The number of halogens is 4. The van der Waals surface area contributed by atoms with Gasteiger partial charge in [-0.15, -0.1) is 0 Å². The van der Waals surface area contributed by atoms with Crippen LogP contribution >= 0.6 is 0 Å². The maximum Gasteiger partial charge on any atom is 0.225 e. The summed E-state index contributed by atoms with van der Waals surface area (Å²) in [5.41, 5.74) is 4.74. The molecule has 0 spiro atoms. The van der Waals surface area contributed by atoms with Crippen LogP contribution in [0, 0.1) is 23.3 Å². The van der Waals surface area contributed by atoms with E-state index in [4.69, 9.17) is 0 Å². The summed E-state index contributed by atoms with van der Waals surface area (Å²) >= 11 is 0. The van der Waals surface area contributed by atoms with Crippen molar-refractivity contribution in [1.29, 1.82) is 0 Å². The number of nitrogens with zero attached hydrogens (tertiary/aromatic N) is 4. The van der Waals surface area contributed by atoms with Crippen LogP contribution in [0.2, 0.25) is 0 Å². The van der Waals surface area contributed by atoms with Crippen LogP contribution in [-0.4, -0.2) is 47.0 Å². The van der Waals surface area contributed by atoms with E-state index in [0.29, 0.717) is 24.3 Å². The molecule has 7 nitrogen and oxygen atoms in total. The van der Waals surface area contributed by atoms with Crippen LogP contribution in [0.3, 0.4) is 0 Å². The van der Waals surface area contributed by atoms with Gasteiger partial charge in [0.2, 0.25) is 5.95 Å². The Balaban J connectivity index is 1.88. The molecule has 0 aliphatic carbocycles. The van der Waals surface area contributed by atoms with Crippen LogP contribution < -0.4 is 16.2 Å². The Bertz CT molecular complexity index is 989. The lowest BCUT2D eigenvalue weighted by atomic mass is 10.2. The van der Waals surface area contributed by atoms with Crippen molar-refractivity contribution in [3.8, 4) is 11.3 Å². The van der Waals surface area contributed by atoms with Crippen molar-refractivity contribution in [2.24, 2.45) is 0 Å². The third-order valence-electron chi connectivity index (χ3n) is 3.95. The van der Waals surface area contributed by atoms with E-state index >= 15 is 0 Å². The molecule has 2 heterocycles. The summed E-state index contributed by atoms with van der Waals surface area (Å²) in [5.74, 6) is -5.82. The SMILES string of the molecule is CN(C)CCNc1nc(NNc2c(F)c(F)cc(F)c2F)cc(-c2cccnc2)n1. The van der Waals surface area contributed by atoms with Gasteiger partial charge in [0.1, 0.15) is 5.69 Å². The highest BCUT2D eigenvalue weighted by Gasteiger charge is 2.19. The summed E-state index contributed by atoms with van der Waals surface area (Å²) in [5, 5.41) is 3.05. The minimum atomic E-state index is -1.56. The average Bonchev–Trinajstić information content (AvgIpc) is 2.72. The second-order valence-corrected chi connectivity index (χ2v) is 6.53. The Kier molecular flexibility index (Phi) is 6.62. The molecule has 2 aromatic heterocycles. The van der Waals surface area contributed by atoms with Crippen molar-refractivity contribution < 1.29 is 17.6 Å². The second-order valence-electron chi connectivity index (χ2n) is 6.53. The summed E-state index contributed by atoms with van der Waals surface area (Å²) in [7, 11) is 3.82. The number of rotatable bonds is 8. The van der Waals surface area contributed by atoms with Gasteiger partial charge in [0.15, 0.2) is 29.1 Å². The average molecular weight is 421 g/mol. The lowest BCUT2D eigenvalue weighted by Crippen LogP contribution is -2.22. The van der Waals surface area contributed by atoms with Gasteiger partial charge in [-0.05, 0) is 26.2 Å². The Hall–Kier alpha value is -3.47. The van der Waals surface area contributed by atoms with Crippen molar-refractivity contribution in [3.63, 3.8) is 0 Å². The number of aromatic nitrogens is 3. The fourth-order valence-electron chi connectivity index (χ4n) is 2.45. The molecule has 3 aromatic rings. The monoisotopic (exact) mass is 421 g/mol. The van der Waals surface area contributed by atoms with E-state index in [0.717, 1.165) is 0 Å².